The van der Waals surface area contributed by atoms with E-state index < -0.39 is 26.8 Å². The fourth-order valence-corrected chi connectivity index (χ4v) is 2.76. The Hall–Kier alpha value is -2.06. The summed E-state index contributed by atoms with van der Waals surface area (Å²) in [7, 11) is 1.32. The van der Waals surface area contributed by atoms with Crippen molar-refractivity contribution in [3.63, 3.8) is 0 Å². The Morgan fingerprint density at radius 3 is 2.23 bits per heavy atom. The molecular weight excluding hydrogens is 334 g/mol. The molecule has 118 valence electrons. The molecule has 0 aliphatic carbocycles. The second-order valence-electron chi connectivity index (χ2n) is 4.82. The second-order valence-corrected chi connectivity index (χ2v) is 7.35. The minimum Gasteiger partial charge on any atom is -0.419 e. The largest absolute Gasteiger partial charge is 0.419 e. The number of halogens is 1. The molecule has 0 saturated carbocycles. The van der Waals surface area contributed by atoms with E-state index in [1.807, 2.05) is 0 Å². The molecule has 1 aromatic carbocycles. The predicted octanol–water partition coefficient (Wildman–Crippen LogP) is 1.75. The first-order valence-electron chi connectivity index (χ1n) is 6.07. The molecule has 1 aliphatic rings. The minimum atomic E-state index is -3.98. The average Bonchev–Trinajstić information content (AvgIpc) is 2.35. The van der Waals surface area contributed by atoms with Gasteiger partial charge in [-0.15, -0.1) is 0 Å². The topological polar surface area (TPSA) is 98.8 Å². The maximum absolute atomic E-state index is 11.7. The number of nitrogens with one attached hydrogen (secondary N) is 1. The van der Waals surface area contributed by atoms with Gasteiger partial charge < -0.3 is 14.8 Å². The van der Waals surface area contributed by atoms with E-state index in [1.165, 1.54) is 32.0 Å². The monoisotopic (exact) mass is 345 g/mol. The quantitative estimate of drug-likeness (QED) is 0.385. The van der Waals surface area contributed by atoms with Gasteiger partial charge in [0.15, 0.2) is 5.57 Å². The van der Waals surface area contributed by atoms with Gasteiger partial charge in [0.2, 0.25) is 0 Å². The molecule has 1 heterocycles. The number of esters is 2. The minimum absolute atomic E-state index is 0.107. The second kappa shape index (κ2) is 5.62. The van der Waals surface area contributed by atoms with Crippen molar-refractivity contribution in [2.45, 2.75) is 24.5 Å². The molecule has 2 rings (SSSR count). The summed E-state index contributed by atoms with van der Waals surface area (Å²) in [5.74, 6) is -3.09. The van der Waals surface area contributed by atoms with Gasteiger partial charge in [-0.2, -0.15) is 0 Å². The normalized spacial score (nSPS) is 17.5. The third-order valence-corrected chi connectivity index (χ3v) is 4.02. The van der Waals surface area contributed by atoms with E-state index in [0.29, 0.717) is 0 Å². The van der Waals surface area contributed by atoms with Crippen LogP contribution >= 0.6 is 10.7 Å². The number of hydrogen-bond acceptors (Lipinski definition) is 7. The number of anilines is 1. The number of carbonyl (C=O) groups is 2. The van der Waals surface area contributed by atoms with Crippen LogP contribution in [0.25, 0.3) is 0 Å². The van der Waals surface area contributed by atoms with E-state index in [0.717, 1.165) is 6.20 Å². The van der Waals surface area contributed by atoms with Crippen LogP contribution in [0.5, 0.6) is 0 Å². The van der Waals surface area contributed by atoms with Crippen LogP contribution in [0.4, 0.5) is 5.69 Å². The molecule has 0 atom stereocenters. The third-order valence-electron chi connectivity index (χ3n) is 2.64. The number of hydrogen-bond donors (Lipinski definition) is 1. The van der Waals surface area contributed by atoms with Crippen molar-refractivity contribution >= 4 is 37.4 Å². The molecule has 1 aliphatic heterocycles. The van der Waals surface area contributed by atoms with Gasteiger partial charge in [0.25, 0.3) is 14.8 Å². The van der Waals surface area contributed by atoms with E-state index in [-0.39, 0.29) is 16.2 Å². The Morgan fingerprint density at radius 1 is 1.14 bits per heavy atom. The van der Waals surface area contributed by atoms with Crippen LogP contribution < -0.4 is 5.32 Å². The molecule has 1 aromatic rings. The molecule has 0 amide bonds. The van der Waals surface area contributed by atoms with Crippen LogP contribution in [0.2, 0.25) is 0 Å². The van der Waals surface area contributed by atoms with Crippen molar-refractivity contribution in [1.29, 1.82) is 0 Å². The van der Waals surface area contributed by atoms with Crippen molar-refractivity contribution in [3.8, 4) is 0 Å². The number of para-hydroxylation sites is 1. The maximum atomic E-state index is 11.7. The van der Waals surface area contributed by atoms with Crippen molar-refractivity contribution < 1.29 is 27.5 Å². The summed E-state index contributed by atoms with van der Waals surface area (Å²) < 4.78 is 32.7. The lowest BCUT2D eigenvalue weighted by Crippen LogP contribution is -2.42. The summed E-state index contributed by atoms with van der Waals surface area (Å²) in [4.78, 5) is 23.3. The summed E-state index contributed by atoms with van der Waals surface area (Å²) in [6, 6.07) is 5.76. The molecule has 7 nitrogen and oxygen atoms in total. The molecule has 9 heteroatoms. The number of cyclic esters (lactones) is 2. The van der Waals surface area contributed by atoms with Crippen LogP contribution in [-0.4, -0.2) is 26.1 Å². The number of rotatable bonds is 3. The van der Waals surface area contributed by atoms with E-state index >= 15 is 0 Å². The zero-order chi connectivity index (χ0) is 16.5. The number of benzene rings is 1. The molecule has 0 spiro atoms. The van der Waals surface area contributed by atoms with E-state index in [2.05, 4.69) is 5.32 Å². The Balaban J connectivity index is 2.30. The standard InChI is InChI=1S/C13H12ClNO6S/c1-13(2)20-11(16)8(12(17)21-13)7-15-9-5-3-4-6-10(9)22(14,18)19/h3-7,15H,1-2H3. The first-order valence-corrected chi connectivity index (χ1v) is 8.38. The Labute approximate surface area is 131 Å². The molecule has 0 aromatic heterocycles. The van der Waals surface area contributed by atoms with Crippen LogP contribution in [0, 0.1) is 0 Å². The van der Waals surface area contributed by atoms with E-state index in [4.69, 9.17) is 20.2 Å². The Bertz CT molecular complexity index is 746. The molecule has 22 heavy (non-hydrogen) atoms. The van der Waals surface area contributed by atoms with Crippen molar-refractivity contribution in [2.24, 2.45) is 0 Å². The lowest BCUT2D eigenvalue weighted by molar-refractivity contribution is -0.222. The summed E-state index contributed by atoms with van der Waals surface area (Å²) in [6.45, 7) is 2.84. The highest BCUT2D eigenvalue weighted by Gasteiger charge is 2.39. The molecule has 1 saturated heterocycles. The predicted molar refractivity (Wildman–Crippen MR) is 77.4 cm³/mol. The SMILES string of the molecule is CC1(C)OC(=O)C(=CNc2ccccc2S(=O)(=O)Cl)C(=O)O1. The van der Waals surface area contributed by atoms with Crippen LogP contribution in [0.15, 0.2) is 40.9 Å². The first kappa shape index (κ1) is 16.3. The zero-order valence-corrected chi connectivity index (χ0v) is 13.2. The molecule has 1 N–H and O–H groups in total. The fourth-order valence-electron chi connectivity index (χ4n) is 1.73. The highest BCUT2D eigenvalue weighted by Crippen LogP contribution is 2.26. The first-order chi connectivity index (χ1) is 10.1. The molecule has 1 fully saturated rings. The van der Waals surface area contributed by atoms with Gasteiger partial charge in [-0.3, -0.25) is 0 Å². The fraction of sp³-hybridized carbons (Fsp3) is 0.231. The molecule has 0 radical (unpaired) electrons. The summed E-state index contributed by atoms with van der Waals surface area (Å²) >= 11 is 0. The lowest BCUT2D eigenvalue weighted by Gasteiger charge is -2.29. The zero-order valence-electron chi connectivity index (χ0n) is 11.6. The Morgan fingerprint density at radius 2 is 1.68 bits per heavy atom. The molecule has 0 unspecified atom stereocenters. The molecule has 0 bridgehead atoms. The van der Waals surface area contributed by atoms with Gasteiger partial charge in [-0.05, 0) is 12.1 Å². The van der Waals surface area contributed by atoms with Crippen molar-refractivity contribution in [3.05, 3.63) is 36.0 Å². The van der Waals surface area contributed by atoms with Gasteiger partial charge in [0.1, 0.15) is 4.90 Å². The highest BCUT2D eigenvalue weighted by molar-refractivity contribution is 8.13. The van der Waals surface area contributed by atoms with Gasteiger partial charge in [0, 0.05) is 30.7 Å². The van der Waals surface area contributed by atoms with E-state index in [9.17, 15) is 18.0 Å². The average molecular weight is 346 g/mol. The van der Waals surface area contributed by atoms with Crippen LogP contribution in [0.1, 0.15) is 13.8 Å². The molecular formula is C13H12ClNO6S. The van der Waals surface area contributed by atoms with Crippen molar-refractivity contribution in [2.75, 3.05) is 5.32 Å². The maximum Gasteiger partial charge on any atom is 0.350 e. The smallest absolute Gasteiger partial charge is 0.350 e. The summed E-state index contributed by atoms with van der Waals surface area (Å²) in [5, 5.41) is 2.55. The Kier molecular flexibility index (Phi) is 4.17. The number of ether oxygens (including phenoxy) is 2. The van der Waals surface area contributed by atoms with E-state index in [1.54, 1.807) is 6.07 Å². The van der Waals surface area contributed by atoms with Gasteiger partial charge in [0.05, 0.1) is 5.69 Å². The van der Waals surface area contributed by atoms with Gasteiger partial charge in [-0.25, -0.2) is 18.0 Å². The van der Waals surface area contributed by atoms with Gasteiger partial charge >= 0.3 is 11.9 Å². The van der Waals surface area contributed by atoms with Gasteiger partial charge in [-0.1, -0.05) is 12.1 Å². The summed E-state index contributed by atoms with van der Waals surface area (Å²) in [5.41, 5.74) is -0.281. The summed E-state index contributed by atoms with van der Waals surface area (Å²) in [6.07, 6.45) is 1.01. The van der Waals surface area contributed by atoms with Crippen LogP contribution in [0.3, 0.4) is 0 Å². The lowest BCUT2D eigenvalue weighted by atomic mass is 10.2. The number of carbonyl (C=O) groups excluding carboxylic acids is 2. The van der Waals surface area contributed by atoms with Crippen LogP contribution in [-0.2, 0) is 28.1 Å². The third kappa shape index (κ3) is 3.58. The highest BCUT2D eigenvalue weighted by atomic mass is 35.7. The van der Waals surface area contributed by atoms with Crippen molar-refractivity contribution in [1.82, 2.24) is 0 Å².